The molecule has 0 bridgehead atoms. The van der Waals surface area contributed by atoms with Crippen LogP contribution >= 0.6 is 0 Å². The van der Waals surface area contributed by atoms with Gasteiger partial charge in [-0.2, -0.15) is 0 Å². The van der Waals surface area contributed by atoms with Gasteiger partial charge in [-0.15, -0.1) is 0 Å². The summed E-state index contributed by atoms with van der Waals surface area (Å²) in [5.74, 6) is -0.654. The quantitative estimate of drug-likeness (QED) is 0.112. The number of rotatable bonds is 28. The van der Waals surface area contributed by atoms with E-state index in [9.17, 15) is 9.90 Å². The summed E-state index contributed by atoms with van der Waals surface area (Å²) in [5.41, 5.74) is 0. The van der Waals surface area contributed by atoms with Crippen molar-refractivity contribution in [2.75, 3.05) is 0 Å². The van der Waals surface area contributed by atoms with Gasteiger partial charge in [0.05, 0.1) is 6.10 Å². The first-order valence-electron chi connectivity index (χ1n) is 15.1. The van der Waals surface area contributed by atoms with Crippen LogP contribution in [0.25, 0.3) is 0 Å². The Morgan fingerprint density at radius 1 is 0.485 bits per heavy atom. The van der Waals surface area contributed by atoms with Crippen LogP contribution in [-0.2, 0) is 4.79 Å². The SMILES string of the molecule is CCCC(O)CCCCCCCCCCCCCCCCCCCCCCCCCC(=O)O. The Bertz CT molecular complexity index is 383. The number of aliphatic carboxylic acids is 1. The van der Waals surface area contributed by atoms with Crippen LogP contribution in [0.4, 0.5) is 0 Å². The molecular weight excluding hydrogens is 408 g/mol. The van der Waals surface area contributed by atoms with Gasteiger partial charge in [0.1, 0.15) is 0 Å². The maximum absolute atomic E-state index is 10.4. The zero-order chi connectivity index (χ0) is 24.2. The van der Waals surface area contributed by atoms with Crippen molar-refractivity contribution in [3.8, 4) is 0 Å². The maximum atomic E-state index is 10.4. The molecule has 3 nitrogen and oxygen atoms in total. The predicted molar refractivity (Wildman–Crippen MR) is 144 cm³/mol. The van der Waals surface area contributed by atoms with E-state index in [1.54, 1.807) is 0 Å². The van der Waals surface area contributed by atoms with E-state index in [-0.39, 0.29) is 6.10 Å². The van der Waals surface area contributed by atoms with Crippen LogP contribution < -0.4 is 0 Å². The molecule has 0 aromatic carbocycles. The summed E-state index contributed by atoms with van der Waals surface area (Å²) in [5, 5.41) is 18.3. The zero-order valence-electron chi connectivity index (χ0n) is 22.5. The van der Waals surface area contributed by atoms with Crippen molar-refractivity contribution in [2.45, 2.75) is 186 Å². The Hall–Kier alpha value is -0.570. The highest BCUT2D eigenvalue weighted by molar-refractivity contribution is 5.66. The van der Waals surface area contributed by atoms with Gasteiger partial charge in [0.25, 0.3) is 0 Å². The van der Waals surface area contributed by atoms with E-state index in [0.29, 0.717) is 6.42 Å². The molecule has 1 atom stereocenters. The van der Waals surface area contributed by atoms with E-state index < -0.39 is 5.97 Å². The van der Waals surface area contributed by atoms with Crippen molar-refractivity contribution in [3.05, 3.63) is 0 Å². The molecule has 0 aliphatic carbocycles. The molecule has 0 rings (SSSR count). The molecule has 3 heteroatoms. The summed E-state index contributed by atoms with van der Waals surface area (Å²) >= 11 is 0. The van der Waals surface area contributed by atoms with Crippen molar-refractivity contribution in [2.24, 2.45) is 0 Å². The van der Waals surface area contributed by atoms with E-state index in [0.717, 1.165) is 32.1 Å². The first kappa shape index (κ1) is 32.4. The molecule has 2 N–H and O–H groups in total. The topological polar surface area (TPSA) is 57.5 Å². The van der Waals surface area contributed by atoms with Gasteiger partial charge in [-0.3, -0.25) is 4.79 Å². The lowest BCUT2D eigenvalue weighted by Crippen LogP contribution is -2.04. The number of hydrogen-bond acceptors (Lipinski definition) is 2. The minimum atomic E-state index is -0.654. The Labute approximate surface area is 207 Å². The minimum Gasteiger partial charge on any atom is -0.481 e. The molecule has 0 aliphatic rings. The average Bonchev–Trinajstić information content (AvgIpc) is 2.79. The second-order valence-electron chi connectivity index (χ2n) is 10.5. The van der Waals surface area contributed by atoms with Crippen molar-refractivity contribution >= 4 is 5.97 Å². The van der Waals surface area contributed by atoms with Crippen molar-refractivity contribution < 1.29 is 15.0 Å². The van der Waals surface area contributed by atoms with Gasteiger partial charge >= 0.3 is 5.97 Å². The molecule has 0 aliphatic heterocycles. The maximum Gasteiger partial charge on any atom is 0.303 e. The number of aliphatic hydroxyl groups excluding tert-OH is 1. The number of hydrogen-bond donors (Lipinski definition) is 2. The normalized spacial score (nSPS) is 12.3. The molecule has 0 saturated carbocycles. The van der Waals surface area contributed by atoms with Gasteiger partial charge in [-0.25, -0.2) is 0 Å². The van der Waals surface area contributed by atoms with Crippen LogP contribution in [-0.4, -0.2) is 22.3 Å². The summed E-state index contributed by atoms with van der Waals surface area (Å²) in [7, 11) is 0. The van der Waals surface area contributed by atoms with Crippen molar-refractivity contribution in [3.63, 3.8) is 0 Å². The highest BCUT2D eigenvalue weighted by Gasteiger charge is 2.01. The molecule has 0 heterocycles. The van der Waals surface area contributed by atoms with E-state index in [1.807, 2.05) is 0 Å². The van der Waals surface area contributed by atoms with Gasteiger partial charge in [0.15, 0.2) is 0 Å². The highest BCUT2D eigenvalue weighted by Crippen LogP contribution is 2.16. The standard InChI is InChI=1S/C30H60O3/c1-2-26-29(31)27-24-22-20-18-16-14-12-10-8-6-4-3-5-7-9-11-13-15-17-19-21-23-25-28-30(32)33/h29,31H,2-28H2,1H3,(H,32,33). The van der Waals surface area contributed by atoms with Crippen LogP contribution in [0.1, 0.15) is 180 Å². The fourth-order valence-electron chi connectivity index (χ4n) is 4.85. The van der Waals surface area contributed by atoms with Gasteiger partial charge in [-0.1, -0.05) is 155 Å². The fourth-order valence-corrected chi connectivity index (χ4v) is 4.85. The molecule has 198 valence electrons. The van der Waals surface area contributed by atoms with Crippen LogP contribution in [0.3, 0.4) is 0 Å². The van der Waals surface area contributed by atoms with Gasteiger partial charge in [-0.05, 0) is 19.3 Å². The molecule has 33 heavy (non-hydrogen) atoms. The third-order valence-corrected chi connectivity index (χ3v) is 7.05. The van der Waals surface area contributed by atoms with Crippen molar-refractivity contribution in [1.29, 1.82) is 0 Å². The van der Waals surface area contributed by atoms with Crippen LogP contribution in [0, 0.1) is 0 Å². The van der Waals surface area contributed by atoms with Crippen LogP contribution in [0.2, 0.25) is 0 Å². The summed E-state index contributed by atoms with van der Waals surface area (Å²) in [6, 6.07) is 0. The summed E-state index contributed by atoms with van der Waals surface area (Å²) < 4.78 is 0. The van der Waals surface area contributed by atoms with E-state index in [4.69, 9.17) is 5.11 Å². The molecule has 0 radical (unpaired) electrons. The first-order chi connectivity index (χ1) is 16.2. The minimum absolute atomic E-state index is 0.0500. The molecule has 0 saturated heterocycles. The van der Waals surface area contributed by atoms with E-state index >= 15 is 0 Å². The number of carboxylic acid groups (broad SMARTS) is 1. The number of aliphatic hydroxyl groups is 1. The molecule has 0 aromatic rings. The van der Waals surface area contributed by atoms with Crippen LogP contribution in [0.5, 0.6) is 0 Å². The molecule has 1 unspecified atom stereocenters. The zero-order valence-corrected chi connectivity index (χ0v) is 22.5. The Morgan fingerprint density at radius 2 is 0.758 bits per heavy atom. The molecule has 0 amide bonds. The number of carboxylic acids is 1. The third-order valence-electron chi connectivity index (χ3n) is 7.05. The van der Waals surface area contributed by atoms with Gasteiger partial charge in [0.2, 0.25) is 0 Å². The van der Waals surface area contributed by atoms with Gasteiger partial charge in [0, 0.05) is 6.42 Å². The lowest BCUT2D eigenvalue weighted by atomic mass is 10.0. The molecule has 0 aromatic heterocycles. The largest absolute Gasteiger partial charge is 0.481 e. The first-order valence-corrected chi connectivity index (χ1v) is 15.1. The highest BCUT2D eigenvalue weighted by atomic mass is 16.4. The summed E-state index contributed by atoms with van der Waals surface area (Å²) in [4.78, 5) is 10.4. The van der Waals surface area contributed by atoms with E-state index in [1.165, 1.54) is 135 Å². The summed E-state index contributed by atoms with van der Waals surface area (Å²) in [6.45, 7) is 2.15. The molecule has 0 spiro atoms. The Kier molecular flexibility index (Phi) is 27.2. The summed E-state index contributed by atoms with van der Waals surface area (Å²) in [6.07, 6.45) is 34.2. The fraction of sp³-hybridized carbons (Fsp3) is 0.967. The van der Waals surface area contributed by atoms with E-state index in [2.05, 4.69) is 6.92 Å². The number of unbranched alkanes of at least 4 members (excludes halogenated alkanes) is 22. The van der Waals surface area contributed by atoms with Gasteiger partial charge < -0.3 is 10.2 Å². The van der Waals surface area contributed by atoms with Crippen molar-refractivity contribution in [1.82, 2.24) is 0 Å². The average molecular weight is 469 g/mol. The second-order valence-corrected chi connectivity index (χ2v) is 10.5. The smallest absolute Gasteiger partial charge is 0.303 e. The predicted octanol–water partition coefficient (Wildman–Crippen LogP) is 9.98. The lowest BCUT2D eigenvalue weighted by Gasteiger charge is -2.08. The van der Waals surface area contributed by atoms with Crippen LogP contribution in [0.15, 0.2) is 0 Å². The number of carbonyl (C=O) groups is 1. The monoisotopic (exact) mass is 468 g/mol. The molecular formula is C30H60O3. The second kappa shape index (κ2) is 27.7. The Morgan fingerprint density at radius 3 is 1.03 bits per heavy atom. The third kappa shape index (κ3) is 29.4. The lowest BCUT2D eigenvalue weighted by molar-refractivity contribution is -0.137. The Balaban J connectivity index is 3.04. The molecule has 0 fully saturated rings.